The van der Waals surface area contributed by atoms with Crippen molar-refractivity contribution >= 4 is 35.2 Å². The number of nitrogens with one attached hydrogen (secondary N) is 1. The molecule has 1 rings (SSSR count). The van der Waals surface area contributed by atoms with Crippen LogP contribution in [-0.4, -0.2) is 23.7 Å². The van der Waals surface area contributed by atoms with Gasteiger partial charge in [-0.2, -0.15) is 0 Å². The van der Waals surface area contributed by atoms with Crippen molar-refractivity contribution in [2.75, 3.05) is 6.61 Å². The number of carbonyl (C=O) groups is 1. The molecule has 1 amide bonds. The second-order valence-corrected chi connectivity index (χ2v) is 5.78. The molecule has 0 heterocycles. The van der Waals surface area contributed by atoms with Gasteiger partial charge in [-0.15, -0.1) is 0 Å². The fourth-order valence-corrected chi connectivity index (χ4v) is 2.18. The molecule has 0 fully saturated rings. The molecule has 110 valence electrons. The second-order valence-electron chi connectivity index (χ2n) is 4.99. The Morgan fingerprint density at radius 3 is 2.70 bits per heavy atom. The van der Waals surface area contributed by atoms with Gasteiger partial charge in [0.2, 0.25) is 5.91 Å². The molecule has 0 spiro atoms. The molecule has 0 bridgehead atoms. The number of carbonyl (C=O) groups excluding carboxylic acids is 1. The molecule has 0 radical (unpaired) electrons. The van der Waals surface area contributed by atoms with Crippen LogP contribution in [0.1, 0.15) is 25.8 Å². The Morgan fingerprint density at radius 1 is 1.40 bits per heavy atom. The lowest BCUT2D eigenvalue weighted by Crippen LogP contribution is -2.37. The van der Waals surface area contributed by atoms with Crippen molar-refractivity contribution in [3.05, 3.63) is 39.9 Å². The second kappa shape index (κ2) is 8.30. The van der Waals surface area contributed by atoms with Crippen molar-refractivity contribution in [2.24, 2.45) is 5.92 Å². The monoisotopic (exact) mass is 315 g/mol. The standard InChI is InChI=1S/C15H19Cl2NO2/c1-10(2)8-12(9-19)18-14(20)7-6-11-4-3-5-13(16)15(11)17/h3-7,10,12,19H,8-9H2,1-2H3,(H,18,20). The number of hydrogen-bond donors (Lipinski definition) is 2. The Balaban J connectivity index is 2.65. The zero-order valence-electron chi connectivity index (χ0n) is 11.6. The molecule has 5 heteroatoms. The highest BCUT2D eigenvalue weighted by atomic mass is 35.5. The van der Waals surface area contributed by atoms with Crippen LogP contribution in [0, 0.1) is 5.92 Å². The summed E-state index contributed by atoms with van der Waals surface area (Å²) in [5, 5.41) is 12.8. The van der Waals surface area contributed by atoms with E-state index in [4.69, 9.17) is 23.2 Å². The van der Waals surface area contributed by atoms with Crippen LogP contribution in [0.5, 0.6) is 0 Å². The van der Waals surface area contributed by atoms with Crippen LogP contribution in [0.25, 0.3) is 6.08 Å². The molecule has 3 nitrogen and oxygen atoms in total. The fourth-order valence-electron chi connectivity index (χ4n) is 1.81. The van der Waals surface area contributed by atoms with Crippen LogP contribution in [-0.2, 0) is 4.79 Å². The third-order valence-electron chi connectivity index (χ3n) is 2.72. The molecule has 2 N–H and O–H groups in total. The Labute approximate surface area is 129 Å². The molecular weight excluding hydrogens is 297 g/mol. The Kier molecular flexibility index (Phi) is 7.06. The van der Waals surface area contributed by atoms with Crippen molar-refractivity contribution in [1.29, 1.82) is 0 Å². The maximum atomic E-state index is 11.8. The topological polar surface area (TPSA) is 49.3 Å². The molecule has 1 aromatic carbocycles. The van der Waals surface area contributed by atoms with Crippen LogP contribution in [0.15, 0.2) is 24.3 Å². The van der Waals surface area contributed by atoms with E-state index < -0.39 is 0 Å². The summed E-state index contributed by atoms with van der Waals surface area (Å²) >= 11 is 11.9. The SMILES string of the molecule is CC(C)CC(CO)NC(=O)C=Cc1cccc(Cl)c1Cl. The summed E-state index contributed by atoms with van der Waals surface area (Å²) in [5.74, 6) is 0.138. The summed E-state index contributed by atoms with van der Waals surface area (Å²) in [6.45, 7) is 4.00. The van der Waals surface area contributed by atoms with E-state index >= 15 is 0 Å². The average Bonchev–Trinajstić information content (AvgIpc) is 2.39. The predicted molar refractivity (Wildman–Crippen MR) is 84.0 cm³/mol. The number of halogens is 2. The first-order valence-corrected chi connectivity index (χ1v) is 7.23. The van der Waals surface area contributed by atoms with Gasteiger partial charge in [0.05, 0.1) is 22.7 Å². The number of hydrogen-bond acceptors (Lipinski definition) is 2. The summed E-state index contributed by atoms with van der Waals surface area (Å²) in [4.78, 5) is 11.8. The van der Waals surface area contributed by atoms with E-state index in [1.165, 1.54) is 6.08 Å². The smallest absolute Gasteiger partial charge is 0.244 e. The van der Waals surface area contributed by atoms with Crippen molar-refractivity contribution in [3.63, 3.8) is 0 Å². The third kappa shape index (κ3) is 5.53. The minimum atomic E-state index is -0.263. The molecular formula is C15H19Cl2NO2. The van der Waals surface area contributed by atoms with Gasteiger partial charge < -0.3 is 10.4 Å². The number of rotatable bonds is 6. The minimum absolute atomic E-state index is 0.0737. The molecule has 20 heavy (non-hydrogen) atoms. The summed E-state index contributed by atoms with van der Waals surface area (Å²) < 4.78 is 0. The first kappa shape index (κ1) is 17.0. The molecule has 0 aliphatic rings. The van der Waals surface area contributed by atoms with Crippen molar-refractivity contribution in [1.82, 2.24) is 5.32 Å². The predicted octanol–water partition coefficient (Wildman–Crippen LogP) is 3.53. The van der Waals surface area contributed by atoms with Gasteiger partial charge in [-0.25, -0.2) is 0 Å². The first-order chi connectivity index (χ1) is 9.43. The molecule has 0 aromatic heterocycles. The lowest BCUT2D eigenvalue weighted by atomic mass is 10.0. The van der Waals surface area contributed by atoms with Crippen LogP contribution in [0.3, 0.4) is 0 Å². The van der Waals surface area contributed by atoms with Gasteiger partial charge >= 0.3 is 0 Å². The average molecular weight is 316 g/mol. The van der Waals surface area contributed by atoms with E-state index in [0.717, 1.165) is 6.42 Å². The first-order valence-electron chi connectivity index (χ1n) is 6.47. The Bertz CT molecular complexity index is 487. The highest BCUT2D eigenvalue weighted by Gasteiger charge is 2.11. The highest BCUT2D eigenvalue weighted by Crippen LogP contribution is 2.26. The fraction of sp³-hybridized carbons (Fsp3) is 0.400. The lowest BCUT2D eigenvalue weighted by molar-refractivity contribution is -0.117. The van der Waals surface area contributed by atoms with Crippen LogP contribution in [0.4, 0.5) is 0 Å². The molecule has 0 aliphatic carbocycles. The summed E-state index contributed by atoms with van der Waals surface area (Å²) in [7, 11) is 0. The molecule has 0 saturated heterocycles. The van der Waals surface area contributed by atoms with Gasteiger partial charge in [0.15, 0.2) is 0 Å². The zero-order valence-corrected chi connectivity index (χ0v) is 13.1. The van der Waals surface area contributed by atoms with Crippen molar-refractivity contribution in [3.8, 4) is 0 Å². The third-order valence-corrected chi connectivity index (χ3v) is 3.55. The van der Waals surface area contributed by atoms with E-state index in [2.05, 4.69) is 5.32 Å². The van der Waals surface area contributed by atoms with E-state index in [9.17, 15) is 9.90 Å². The molecule has 1 atom stereocenters. The van der Waals surface area contributed by atoms with Crippen LogP contribution in [0.2, 0.25) is 10.0 Å². The molecule has 1 aromatic rings. The van der Waals surface area contributed by atoms with E-state index in [0.29, 0.717) is 21.5 Å². The van der Waals surface area contributed by atoms with Crippen LogP contribution >= 0.6 is 23.2 Å². The lowest BCUT2D eigenvalue weighted by Gasteiger charge is -2.17. The summed E-state index contributed by atoms with van der Waals surface area (Å²) in [6, 6.07) is 4.99. The quantitative estimate of drug-likeness (QED) is 0.789. The number of aliphatic hydroxyl groups excluding tert-OH is 1. The zero-order chi connectivity index (χ0) is 15.1. The van der Waals surface area contributed by atoms with Gasteiger partial charge in [-0.05, 0) is 30.0 Å². The number of aliphatic hydroxyl groups is 1. The van der Waals surface area contributed by atoms with Gasteiger partial charge in [0.25, 0.3) is 0 Å². The molecule has 0 aliphatic heterocycles. The molecule has 0 saturated carbocycles. The van der Waals surface area contributed by atoms with E-state index in [1.54, 1.807) is 24.3 Å². The Morgan fingerprint density at radius 2 is 2.10 bits per heavy atom. The molecule has 1 unspecified atom stereocenters. The minimum Gasteiger partial charge on any atom is -0.394 e. The highest BCUT2D eigenvalue weighted by molar-refractivity contribution is 6.42. The summed E-state index contributed by atoms with van der Waals surface area (Å²) in [6.07, 6.45) is 3.72. The maximum absolute atomic E-state index is 11.8. The maximum Gasteiger partial charge on any atom is 0.244 e. The van der Waals surface area contributed by atoms with Gasteiger partial charge in [-0.3, -0.25) is 4.79 Å². The van der Waals surface area contributed by atoms with Gasteiger partial charge in [0, 0.05) is 6.08 Å². The van der Waals surface area contributed by atoms with Crippen molar-refractivity contribution in [2.45, 2.75) is 26.3 Å². The van der Waals surface area contributed by atoms with E-state index in [-0.39, 0.29) is 18.6 Å². The summed E-state index contributed by atoms with van der Waals surface area (Å²) in [5.41, 5.74) is 0.679. The van der Waals surface area contributed by atoms with Crippen molar-refractivity contribution < 1.29 is 9.90 Å². The van der Waals surface area contributed by atoms with Gasteiger partial charge in [-0.1, -0.05) is 49.2 Å². The van der Waals surface area contributed by atoms with E-state index in [1.807, 2.05) is 13.8 Å². The normalized spacial score (nSPS) is 12.9. The number of amides is 1. The number of benzene rings is 1. The Hall–Kier alpha value is -1.03. The van der Waals surface area contributed by atoms with Crippen LogP contribution < -0.4 is 5.32 Å². The largest absolute Gasteiger partial charge is 0.394 e. The van der Waals surface area contributed by atoms with Gasteiger partial charge in [0.1, 0.15) is 0 Å².